The summed E-state index contributed by atoms with van der Waals surface area (Å²) < 4.78 is 56.6. The van der Waals surface area contributed by atoms with Crippen molar-refractivity contribution in [3.63, 3.8) is 0 Å². The van der Waals surface area contributed by atoms with Gasteiger partial charge in [-0.2, -0.15) is 14.4 Å². The van der Waals surface area contributed by atoms with E-state index < -0.39 is 56.2 Å². The van der Waals surface area contributed by atoms with Crippen LogP contribution in [0, 0.1) is 6.08 Å². The number of aliphatic hydroxyl groups is 1. The number of carbonyl (C=O) groups is 1. The van der Waals surface area contributed by atoms with Gasteiger partial charge >= 0.3 is 19.8 Å². The second kappa shape index (κ2) is 9.32. The van der Waals surface area contributed by atoms with E-state index >= 15 is 0 Å². The number of hydrogen-bond acceptors (Lipinski definition) is 12. The SMILES string of the molecule is CC(C)OC(=O)C(C)NP1(=O)OC[C@H]2O[C@@H](n3cnc4c(N)nc(F)nc43)[C@H](O)C2OC(C)(C)O1. The van der Waals surface area contributed by atoms with E-state index in [0.717, 1.165) is 0 Å². The number of aromatic nitrogens is 4. The third-order valence-electron chi connectivity index (χ3n) is 5.23. The van der Waals surface area contributed by atoms with Crippen molar-refractivity contribution in [3.05, 3.63) is 12.4 Å². The van der Waals surface area contributed by atoms with Crippen molar-refractivity contribution in [1.29, 1.82) is 0 Å². The number of ether oxygens (including phenoxy) is 3. The van der Waals surface area contributed by atoms with Gasteiger partial charge in [-0.15, -0.1) is 0 Å². The van der Waals surface area contributed by atoms with Crippen molar-refractivity contribution in [3.8, 4) is 0 Å². The molecule has 2 aliphatic rings. The van der Waals surface area contributed by atoms with Gasteiger partial charge in [0.1, 0.15) is 24.4 Å². The summed E-state index contributed by atoms with van der Waals surface area (Å²) in [5.74, 6) is -2.35. The minimum atomic E-state index is -4.10. The van der Waals surface area contributed by atoms with Crippen LogP contribution in [0.3, 0.4) is 0 Å². The summed E-state index contributed by atoms with van der Waals surface area (Å²) in [5, 5.41) is 13.6. The molecular weight excluding hydrogens is 490 g/mol. The number of nitrogens with two attached hydrogens (primary N) is 1. The van der Waals surface area contributed by atoms with E-state index in [2.05, 4.69) is 20.0 Å². The lowest BCUT2D eigenvalue weighted by atomic mass is 10.1. The Balaban J connectivity index is 1.57. The first-order valence-corrected chi connectivity index (χ1v) is 12.4. The van der Waals surface area contributed by atoms with Gasteiger partial charge in [-0.3, -0.25) is 18.4 Å². The molecular formula is C19H28FN6O8P. The fourth-order valence-electron chi connectivity index (χ4n) is 3.85. The van der Waals surface area contributed by atoms with Crippen LogP contribution in [0.4, 0.5) is 10.2 Å². The Morgan fingerprint density at radius 1 is 1.40 bits per heavy atom. The monoisotopic (exact) mass is 518 g/mol. The molecule has 35 heavy (non-hydrogen) atoms. The molecule has 0 bridgehead atoms. The van der Waals surface area contributed by atoms with Gasteiger partial charge in [-0.25, -0.2) is 14.6 Å². The molecule has 2 aliphatic heterocycles. The van der Waals surface area contributed by atoms with Crippen LogP contribution in [0.2, 0.25) is 0 Å². The standard InChI is InChI=1S/C19H28FN6O8P/c1-8(2)31-17(28)9(3)25-35(29)30-6-10-13(33-19(4,5)34-35)12(27)16(32-10)26-7-22-11-14(21)23-18(20)24-15(11)26/h7-10,12-13,16,27H,6H2,1-5H3,(H,25,29)(H2,21,23,24)/t9?,10-,12-,13?,16-,35?/m1/s1. The van der Waals surface area contributed by atoms with Crippen molar-refractivity contribution >= 4 is 30.7 Å². The fraction of sp³-hybridized carbons (Fsp3) is 0.684. The largest absolute Gasteiger partial charge is 0.462 e. The second-order valence-corrected chi connectivity index (χ2v) is 10.7. The molecule has 0 saturated carbocycles. The Morgan fingerprint density at radius 2 is 2.11 bits per heavy atom. The Bertz CT molecular complexity index is 1160. The quantitative estimate of drug-likeness (QED) is 0.290. The first-order chi connectivity index (χ1) is 16.3. The molecule has 2 fully saturated rings. The number of hydrogen-bond donors (Lipinski definition) is 3. The molecule has 14 nitrogen and oxygen atoms in total. The van der Waals surface area contributed by atoms with E-state index in [4.69, 9.17) is 29.0 Å². The van der Waals surface area contributed by atoms with Gasteiger partial charge in [0.05, 0.1) is 19.0 Å². The Kier molecular flexibility index (Phi) is 6.87. The van der Waals surface area contributed by atoms with Crippen LogP contribution in [0.5, 0.6) is 0 Å². The highest BCUT2D eigenvalue weighted by molar-refractivity contribution is 7.51. The molecule has 0 aliphatic carbocycles. The van der Waals surface area contributed by atoms with E-state index in [1.807, 2.05) is 0 Å². The molecule has 4 rings (SSSR count). The minimum absolute atomic E-state index is 0.00887. The minimum Gasteiger partial charge on any atom is -0.462 e. The third kappa shape index (κ3) is 5.31. The van der Waals surface area contributed by atoms with Gasteiger partial charge in [-0.05, 0) is 34.6 Å². The molecule has 0 spiro atoms. The van der Waals surface area contributed by atoms with Gasteiger partial charge < -0.3 is 25.1 Å². The zero-order valence-corrected chi connectivity index (χ0v) is 20.6. The van der Waals surface area contributed by atoms with Gasteiger partial charge in [0, 0.05) is 0 Å². The van der Waals surface area contributed by atoms with Gasteiger partial charge in [-0.1, -0.05) is 0 Å². The molecule has 0 amide bonds. The first kappa shape index (κ1) is 25.8. The number of fused-ring (bicyclic) bond motifs is 2. The number of aliphatic hydroxyl groups excluding tert-OH is 1. The maximum absolute atomic E-state index is 13.8. The number of nitrogen functional groups attached to an aromatic ring is 1. The summed E-state index contributed by atoms with van der Waals surface area (Å²) >= 11 is 0. The molecule has 4 heterocycles. The fourth-order valence-corrected chi connectivity index (χ4v) is 5.58. The van der Waals surface area contributed by atoms with Crippen LogP contribution in [0.1, 0.15) is 40.8 Å². The average Bonchev–Trinajstić information content (AvgIpc) is 3.26. The van der Waals surface area contributed by atoms with E-state index in [1.54, 1.807) is 13.8 Å². The number of esters is 1. The number of imidazole rings is 1. The molecule has 2 aromatic rings. The number of rotatable bonds is 5. The zero-order chi connectivity index (χ0) is 25.7. The van der Waals surface area contributed by atoms with Crippen LogP contribution >= 0.6 is 7.75 Å². The predicted octanol–water partition coefficient (Wildman–Crippen LogP) is 1.01. The van der Waals surface area contributed by atoms with Gasteiger partial charge in [0.25, 0.3) is 0 Å². The summed E-state index contributed by atoms with van der Waals surface area (Å²) in [7, 11) is -4.10. The Hall–Kier alpha value is -2.26. The highest BCUT2D eigenvalue weighted by Crippen LogP contribution is 2.52. The van der Waals surface area contributed by atoms with Crippen LogP contribution in [-0.4, -0.2) is 73.4 Å². The number of nitrogens with one attached hydrogen (secondary N) is 1. The molecule has 0 radical (unpaired) electrons. The molecule has 2 saturated heterocycles. The van der Waals surface area contributed by atoms with E-state index in [-0.39, 0.29) is 29.7 Å². The summed E-state index contributed by atoms with van der Waals surface area (Å²) in [6, 6.07) is -1.02. The van der Waals surface area contributed by atoms with Crippen LogP contribution < -0.4 is 10.8 Å². The summed E-state index contributed by atoms with van der Waals surface area (Å²) in [6.07, 6.45) is -4.49. The summed E-state index contributed by atoms with van der Waals surface area (Å²) in [5.41, 5.74) is 5.85. The molecule has 6 atom stereocenters. The van der Waals surface area contributed by atoms with Crippen molar-refractivity contribution in [2.24, 2.45) is 0 Å². The number of anilines is 1. The van der Waals surface area contributed by atoms with Crippen molar-refractivity contribution in [2.45, 2.75) is 77.1 Å². The van der Waals surface area contributed by atoms with E-state index in [1.165, 1.54) is 31.7 Å². The molecule has 2 aromatic heterocycles. The normalized spacial score (nSPS) is 31.7. The lowest BCUT2D eigenvalue weighted by Gasteiger charge is -2.37. The predicted molar refractivity (Wildman–Crippen MR) is 117 cm³/mol. The van der Waals surface area contributed by atoms with Crippen molar-refractivity contribution in [1.82, 2.24) is 24.6 Å². The van der Waals surface area contributed by atoms with Gasteiger partial charge in [0.15, 0.2) is 29.0 Å². The second-order valence-electron chi connectivity index (χ2n) is 8.96. The van der Waals surface area contributed by atoms with Crippen LogP contribution in [0.25, 0.3) is 11.2 Å². The summed E-state index contributed by atoms with van der Waals surface area (Å²) in [4.78, 5) is 23.4. The molecule has 16 heteroatoms. The Labute approximate surface area is 199 Å². The third-order valence-corrected chi connectivity index (χ3v) is 7.10. The number of nitrogens with zero attached hydrogens (tertiary/aromatic N) is 4. The van der Waals surface area contributed by atoms with Crippen LogP contribution in [-0.2, 0) is 32.6 Å². The van der Waals surface area contributed by atoms with Crippen molar-refractivity contribution in [2.75, 3.05) is 12.3 Å². The Morgan fingerprint density at radius 3 is 2.80 bits per heavy atom. The van der Waals surface area contributed by atoms with E-state index in [0.29, 0.717) is 0 Å². The smallest absolute Gasteiger partial charge is 0.408 e. The summed E-state index contributed by atoms with van der Waals surface area (Å²) in [6.45, 7) is 7.44. The number of halogens is 1. The maximum Gasteiger partial charge on any atom is 0.408 e. The van der Waals surface area contributed by atoms with Crippen molar-refractivity contribution < 1.29 is 42.1 Å². The zero-order valence-electron chi connectivity index (χ0n) is 19.7. The molecule has 194 valence electrons. The van der Waals surface area contributed by atoms with Gasteiger partial charge in [0.2, 0.25) is 0 Å². The van der Waals surface area contributed by atoms with Crippen LogP contribution in [0.15, 0.2) is 6.33 Å². The highest BCUT2D eigenvalue weighted by Gasteiger charge is 2.52. The first-order valence-electron chi connectivity index (χ1n) is 10.9. The molecule has 3 unspecified atom stereocenters. The average molecular weight is 518 g/mol. The highest BCUT2D eigenvalue weighted by atomic mass is 31.2. The lowest BCUT2D eigenvalue weighted by Crippen LogP contribution is -2.47. The molecule has 0 aromatic carbocycles. The maximum atomic E-state index is 13.8. The van der Waals surface area contributed by atoms with E-state index in [9.17, 15) is 18.9 Å². The molecule has 4 N–H and O–H groups in total. The number of carbonyl (C=O) groups excluding carboxylic acids is 1. The topological polar surface area (TPSA) is 182 Å². The lowest BCUT2D eigenvalue weighted by molar-refractivity contribution is -0.227.